The molecule has 1 aromatic carbocycles. The molecule has 0 atom stereocenters. The smallest absolute Gasteiger partial charge is 0.328 e. The van der Waals surface area contributed by atoms with E-state index in [0.717, 1.165) is 17.5 Å². The van der Waals surface area contributed by atoms with E-state index in [-0.39, 0.29) is 0 Å². The number of halogens is 1. The third-order valence-electron chi connectivity index (χ3n) is 2.85. The fraction of sp³-hybridized carbons (Fsp3) is 0.200. The van der Waals surface area contributed by atoms with E-state index in [0.29, 0.717) is 22.9 Å². The third kappa shape index (κ3) is 4.10. The Morgan fingerprint density at radius 1 is 1.48 bits per heavy atom. The van der Waals surface area contributed by atoms with Gasteiger partial charge < -0.3 is 9.84 Å². The molecule has 2 rings (SSSR count). The minimum absolute atomic E-state index is 0.362. The molecule has 0 aliphatic carbocycles. The van der Waals surface area contributed by atoms with Crippen LogP contribution in [-0.4, -0.2) is 20.9 Å². The molecule has 1 heterocycles. The predicted molar refractivity (Wildman–Crippen MR) is 80.4 cm³/mol. The average Bonchev–Trinajstić information content (AvgIpc) is 2.73. The number of hydrogen-bond acceptors (Lipinski definition) is 3. The number of rotatable bonds is 5. The molecule has 0 fully saturated rings. The first-order valence-corrected chi connectivity index (χ1v) is 6.66. The molecule has 5 nitrogen and oxygen atoms in total. The second kappa shape index (κ2) is 6.45. The summed E-state index contributed by atoms with van der Waals surface area (Å²) in [6.45, 7) is 2.28. The standard InChI is InChI=1S/C15H15ClN2O3/c1-10-7-12(18(2)17-10)9-21-14-5-3-11(8-13(14)16)4-6-15(19)20/h3-8H,9H2,1-2H3,(H,19,20). The van der Waals surface area contributed by atoms with Gasteiger partial charge in [-0.05, 0) is 36.8 Å². The second-order valence-corrected chi connectivity index (χ2v) is 4.96. The monoisotopic (exact) mass is 306 g/mol. The number of nitrogens with zero attached hydrogens (tertiary/aromatic N) is 2. The molecule has 6 heteroatoms. The van der Waals surface area contributed by atoms with E-state index in [9.17, 15) is 4.79 Å². The van der Waals surface area contributed by atoms with Crippen LogP contribution >= 0.6 is 11.6 Å². The zero-order chi connectivity index (χ0) is 15.4. The highest BCUT2D eigenvalue weighted by Crippen LogP contribution is 2.26. The van der Waals surface area contributed by atoms with E-state index in [1.165, 1.54) is 6.08 Å². The Kier molecular flexibility index (Phi) is 4.65. The van der Waals surface area contributed by atoms with Gasteiger partial charge in [-0.2, -0.15) is 5.10 Å². The summed E-state index contributed by atoms with van der Waals surface area (Å²) in [5.74, 6) is -0.457. The van der Waals surface area contributed by atoms with E-state index >= 15 is 0 Å². The Morgan fingerprint density at radius 2 is 2.24 bits per heavy atom. The Labute approximate surface area is 127 Å². The van der Waals surface area contributed by atoms with E-state index in [4.69, 9.17) is 21.4 Å². The van der Waals surface area contributed by atoms with Crippen LogP contribution in [0.2, 0.25) is 5.02 Å². The molecule has 110 valence electrons. The lowest BCUT2D eigenvalue weighted by molar-refractivity contribution is -0.131. The normalized spacial score (nSPS) is 11.0. The van der Waals surface area contributed by atoms with E-state index < -0.39 is 5.97 Å². The quantitative estimate of drug-likeness (QED) is 0.862. The van der Waals surface area contributed by atoms with Crippen LogP contribution in [0.5, 0.6) is 5.75 Å². The first-order valence-electron chi connectivity index (χ1n) is 6.28. The first kappa shape index (κ1) is 15.1. The molecule has 0 bridgehead atoms. The number of aromatic nitrogens is 2. The number of carboxylic acid groups (broad SMARTS) is 1. The lowest BCUT2D eigenvalue weighted by Crippen LogP contribution is -2.03. The molecule has 0 radical (unpaired) electrons. The highest BCUT2D eigenvalue weighted by atomic mass is 35.5. The van der Waals surface area contributed by atoms with Gasteiger partial charge in [-0.25, -0.2) is 4.79 Å². The van der Waals surface area contributed by atoms with Crippen LogP contribution in [0.1, 0.15) is 17.0 Å². The average molecular weight is 307 g/mol. The minimum atomic E-state index is -1.00. The minimum Gasteiger partial charge on any atom is -0.486 e. The molecule has 1 N–H and O–H groups in total. The van der Waals surface area contributed by atoms with Crippen LogP contribution in [0.3, 0.4) is 0 Å². The van der Waals surface area contributed by atoms with Crippen molar-refractivity contribution in [3.05, 3.63) is 52.3 Å². The van der Waals surface area contributed by atoms with Gasteiger partial charge in [0.25, 0.3) is 0 Å². The summed E-state index contributed by atoms with van der Waals surface area (Å²) < 4.78 is 7.42. The summed E-state index contributed by atoms with van der Waals surface area (Å²) in [5, 5.41) is 13.3. The maximum absolute atomic E-state index is 10.5. The molecule has 2 aromatic rings. The molecule has 1 aromatic heterocycles. The fourth-order valence-electron chi connectivity index (χ4n) is 1.86. The summed E-state index contributed by atoms with van der Waals surface area (Å²) in [6, 6.07) is 7.06. The molecule has 0 saturated carbocycles. The summed E-state index contributed by atoms with van der Waals surface area (Å²) in [6.07, 6.45) is 2.53. The fourth-order valence-corrected chi connectivity index (χ4v) is 2.10. The number of aryl methyl sites for hydroxylation is 2. The Morgan fingerprint density at radius 3 is 2.81 bits per heavy atom. The van der Waals surface area contributed by atoms with Crippen molar-refractivity contribution >= 4 is 23.6 Å². The van der Waals surface area contributed by atoms with Crippen molar-refractivity contribution in [2.24, 2.45) is 7.05 Å². The van der Waals surface area contributed by atoms with Gasteiger partial charge in [-0.3, -0.25) is 4.68 Å². The summed E-state index contributed by atoms with van der Waals surface area (Å²) in [7, 11) is 1.85. The number of aliphatic carboxylic acids is 1. The lowest BCUT2D eigenvalue weighted by Gasteiger charge is -2.08. The number of benzene rings is 1. The maximum atomic E-state index is 10.5. The summed E-state index contributed by atoms with van der Waals surface area (Å²) in [4.78, 5) is 10.5. The predicted octanol–water partition coefficient (Wildman–Crippen LogP) is 3.06. The van der Waals surface area contributed by atoms with Crippen molar-refractivity contribution in [2.75, 3.05) is 0 Å². The molecule has 0 spiro atoms. The number of carbonyl (C=O) groups is 1. The van der Waals surface area contributed by atoms with Crippen molar-refractivity contribution in [2.45, 2.75) is 13.5 Å². The Bertz CT molecular complexity index is 692. The van der Waals surface area contributed by atoms with E-state index in [1.54, 1.807) is 22.9 Å². The maximum Gasteiger partial charge on any atom is 0.328 e. The summed E-state index contributed by atoms with van der Waals surface area (Å²) in [5.41, 5.74) is 2.57. The molecule has 0 aliphatic rings. The largest absolute Gasteiger partial charge is 0.486 e. The molecule has 0 unspecified atom stereocenters. The highest BCUT2D eigenvalue weighted by molar-refractivity contribution is 6.32. The SMILES string of the molecule is Cc1cc(COc2ccc(C=CC(=O)O)cc2Cl)n(C)n1. The molecule has 21 heavy (non-hydrogen) atoms. The van der Waals surface area contributed by atoms with Crippen LogP contribution in [0.25, 0.3) is 6.08 Å². The third-order valence-corrected chi connectivity index (χ3v) is 3.14. The molecular weight excluding hydrogens is 292 g/mol. The topological polar surface area (TPSA) is 64.3 Å². The second-order valence-electron chi connectivity index (χ2n) is 4.55. The molecule has 0 amide bonds. The highest BCUT2D eigenvalue weighted by Gasteiger charge is 2.06. The van der Waals surface area contributed by atoms with Gasteiger partial charge >= 0.3 is 5.97 Å². The number of hydrogen-bond donors (Lipinski definition) is 1. The van der Waals surface area contributed by atoms with Crippen LogP contribution in [0.4, 0.5) is 0 Å². The summed E-state index contributed by atoms with van der Waals surface area (Å²) >= 11 is 6.13. The van der Waals surface area contributed by atoms with Gasteiger partial charge in [0.2, 0.25) is 0 Å². The van der Waals surface area contributed by atoms with Crippen molar-refractivity contribution < 1.29 is 14.6 Å². The van der Waals surface area contributed by atoms with Gasteiger partial charge in [0, 0.05) is 13.1 Å². The molecule has 0 aliphatic heterocycles. The Hall–Kier alpha value is -2.27. The van der Waals surface area contributed by atoms with Crippen molar-refractivity contribution in [3.8, 4) is 5.75 Å². The lowest BCUT2D eigenvalue weighted by atomic mass is 10.2. The zero-order valence-corrected chi connectivity index (χ0v) is 12.5. The van der Waals surface area contributed by atoms with Crippen LogP contribution < -0.4 is 4.74 Å². The first-order chi connectivity index (χ1) is 9.95. The van der Waals surface area contributed by atoms with Crippen LogP contribution in [0, 0.1) is 6.92 Å². The van der Waals surface area contributed by atoms with Crippen molar-refractivity contribution in [1.82, 2.24) is 9.78 Å². The van der Waals surface area contributed by atoms with Gasteiger partial charge in [-0.1, -0.05) is 17.7 Å². The van der Waals surface area contributed by atoms with E-state index in [2.05, 4.69) is 5.10 Å². The Balaban J connectivity index is 2.07. The number of carboxylic acids is 1. The van der Waals surface area contributed by atoms with Gasteiger partial charge in [0.05, 0.1) is 16.4 Å². The molecule has 0 saturated heterocycles. The van der Waals surface area contributed by atoms with Crippen molar-refractivity contribution in [3.63, 3.8) is 0 Å². The van der Waals surface area contributed by atoms with Gasteiger partial charge in [-0.15, -0.1) is 0 Å². The van der Waals surface area contributed by atoms with Crippen LogP contribution in [-0.2, 0) is 18.4 Å². The van der Waals surface area contributed by atoms with Gasteiger partial charge in [0.15, 0.2) is 0 Å². The zero-order valence-electron chi connectivity index (χ0n) is 11.7. The van der Waals surface area contributed by atoms with Crippen LogP contribution in [0.15, 0.2) is 30.3 Å². The van der Waals surface area contributed by atoms with Crippen molar-refractivity contribution in [1.29, 1.82) is 0 Å². The number of ether oxygens (including phenoxy) is 1. The molecular formula is C15H15ClN2O3. The van der Waals surface area contributed by atoms with Gasteiger partial charge in [0.1, 0.15) is 12.4 Å². The van der Waals surface area contributed by atoms with E-state index in [1.807, 2.05) is 20.0 Å².